The Kier molecular flexibility index (Phi) is 47.6. The maximum atomic E-state index is 12.8. The molecule has 368 valence electrons. The van der Waals surface area contributed by atoms with Gasteiger partial charge in [0.05, 0.1) is 0 Å². The van der Waals surface area contributed by atoms with Gasteiger partial charge < -0.3 is 14.2 Å². The molecule has 0 aliphatic rings. The van der Waals surface area contributed by atoms with Gasteiger partial charge in [-0.05, 0) is 31.1 Å². The van der Waals surface area contributed by atoms with Gasteiger partial charge in [-0.2, -0.15) is 0 Å². The summed E-state index contributed by atoms with van der Waals surface area (Å²) in [7, 11) is 0. The summed E-state index contributed by atoms with van der Waals surface area (Å²) in [6.45, 7) is 11.4. The zero-order chi connectivity index (χ0) is 45.4. The third-order valence-electron chi connectivity index (χ3n) is 12.7. The van der Waals surface area contributed by atoms with Crippen LogP contribution in [-0.4, -0.2) is 37.2 Å². The molecule has 0 saturated carbocycles. The molecular weight excluding hydrogens is 769 g/mol. The molecule has 0 heterocycles. The smallest absolute Gasteiger partial charge is 0.306 e. The summed E-state index contributed by atoms with van der Waals surface area (Å²) in [6.07, 6.45) is 51.0. The van der Waals surface area contributed by atoms with Crippen molar-refractivity contribution in [3.8, 4) is 0 Å². The first kappa shape index (κ1) is 60.4. The fourth-order valence-corrected chi connectivity index (χ4v) is 8.52. The highest BCUT2D eigenvalue weighted by Crippen LogP contribution is 2.18. The molecule has 0 unspecified atom stereocenters. The molecule has 0 aliphatic heterocycles. The van der Waals surface area contributed by atoms with Gasteiger partial charge in [0, 0.05) is 19.3 Å². The van der Waals surface area contributed by atoms with Crippen LogP contribution in [0, 0.1) is 11.8 Å². The molecule has 0 fully saturated rings. The molecule has 0 aliphatic carbocycles. The molecule has 6 heteroatoms. The minimum atomic E-state index is -0.761. The number of ether oxygens (including phenoxy) is 3. The minimum absolute atomic E-state index is 0.0634. The summed E-state index contributed by atoms with van der Waals surface area (Å²) < 4.78 is 16.8. The van der Waals surface area contributed by atoms with Crippen LogP contribution in [0.3, 0.4) is 0 Å². The van der Waals surface area contributed by atoms with Gasteiger partial charge in [-0.1, -0.05) is 272 Å². The third kappa shape index (κ3) is 49.4. The van der Waals surface area contributed by atoms with Crippen LogP contribution in [-0.2, 0) is 28.6 Å². The number of unbranched alkanes of at least 4 members (excludes halogenated alkanes) is 35. The summed E-state index contributed by atoms with van der Waals surface area (Å²) >= 11 is 0. The average Bonchev–Trinajstić information content (AvgIpc) is 3.24. The fourth-order valence-electron chi connectivity index (χ4n) is 8.52. The lowest BCUT2D eigenvalue weighted by Gasteiger charge is -2.18. The van der Waals surface area contributed by atoms with Crippen molar-refractivity contribution in [2.75, 3.05) is 13.2 Å². The van der Waals surface area contributed by atoms with Crippen molar-refractivity contribution in [3.63, 3.8) is 0 Å². The Bertz CT molecular complexity index is 947. The molecule has 0 bridgehead atoms. The van der Waals surface area contributed by atoms with Gasteiger partial charge in [-0.25, -0.2) is 0 Å². The molecule has 0 radical (unpaired) electrons. The Balaban J connectivity index is 4.20. The van der Waals surface area contributed by atoms with Crippen LogP contribution >= 0.6 is 0 Å². The SMILES string of the molecule is CCCCCCCCCCCC(=O)OC[C@H](COC(=O)CCCCCCCCCCCCCC(C)C)OC(=O)CCCCCCCCCCCCCCCCCCCCC(C)C. The van der Waals surface area contributed by atoms with Gasteiger partial charge in [-0.15, -0.1) is 0 Å². The second-order valence-corrected chi connectivity index (χ2v) is 20.2. The topological polar surface area (TPSA) is 78.9 Å². The van der Waals surface area contributed by atoms with Crippen molar-refractivity contribution in [2.45, 2.75) is 317 Å². The molecule has 1 atom stereocenters. The molecule has 0 aromatic rings. The van der Waals surface area contributed by atoms with Crippen LogP contribution in [0.1, 0.15) is 311 Å². The number of hydrogen-bond acceptors (Lipinski definition) is 6. The van der Waals surface area contributed by atoms with Gasteiger partial charge in [0.15, 0.2) is 6.10 Å². The second-order valence-electron chi connectivity index (χ2n) is 20.2. The van der Waals surface area contributed by atoms with Crippen molar-refractivity contribution in [3.05, 3.63) is 0 Å². The van der Waals surface area contributed by atoms with E-state index in [2.05, 4.69) is 34.6 Å². The van der Waals surface area contributed by atoms with E-state index in [1.165, 1.54) is 199 Å². The maximum Gasteiger partial charge on any atom is 0.306 e. The highest BCUT2D eigenvalue weighted by Gasteiger charge is 2.19. The summed E-state index contributed by atoms with van der Waals surface area (Å²) in [6, 6.07) is 0. The number of rotatable bonds is 50. The molecule has 0 spiro atoms. The largest absolute Gasteiger partial charge is 0.462 e. The van der Waals surface area contributed by atoms with Crippen molar-refractivity contribution >= 4 is 17.9 Å². The summed E-state index contributed by atoms with van der Waals surface area (Å²) in [4.78, 5) is 38.0. The molecule has 6 nitrogen and oxygen atoms in total. The number of carbonyl (C=O) groups excluding carboxylic acids is 3. The zero-order valence-corrected chi connectivity index (χ0v) is 42.5. The lowest BCUT2D eigenvalue weighted by Crippen LogP contribution is -2.30. The van der Waals surface area contributed by atoms with E-state index < -0.39 is 6.10 Å². The van der Waals surface area contributed by atoms with Gasteiger partial charge in [0.25, 0.3) is 0 Å². The summed E-state index contributed by atoms with van der Waals surface area (Å²) in [5.41, 5.74) is 0. The van der Waals surface area contributed by atoms with Crippen LogP contribution in [0.25, 0.3) is 0 Å². The molecule has 0 amide bonds. The summed E-state index contributed by atoms with van der Waals surface area (Å²) in [5, 5.41) is 0. The van der Waals surface area contributed by atoms with Crippen LogP contribution in [0.4, 0.5) is 0 Å². The molecule has 0 N–H and O–H groups in total. The second kappa shape index (κ2) is 48.9. The molecule has 62 heavy (non-hydrogen) atoms. The Morgan fingerprint density at radius 2 is 0.532 bits per heavy atom. The van der Waals surface area contributed by atoms with E-state index in [4.69, 9.17) is 14.2 Å². The predicted octanol–water partition coefficient (Wildman–Crippen LogP) is 18.1. The quantitative estimate of drug-likeness (QED) is 0.0344. The highest BCUT2D eigenvalue weighted by atomic mass is 16.6. The molecule has 0 aromatic heterocycles. The first-order chi connectivity index (χ1) is 30.2. The Morgan fingerprint density at radius 1 is 0.306 bits per heavy atom. The predicted molar refractivity (Wildman–Crippen MR) is 266 cm³/mol. The zero-order valence-electron chi connectivity index (χ0n) is 42.5. The van der Waals surface area contributed by atoms with Gasteiger partial charge in [0.1, 0.15) is 13.2 Å². The number of esters is 3. The van der Waals surface area contributed by atoms with Gasteiger partial charge in [0.2, 0.25) is 0 Å². The fraction of sp³-hybridized carbons (Fsp3) is 0.946. The first-order valence-corrected chi connectivity index (χ1v) is 27.7. The van der Waals surface area contributed by atoms with Crippen LogP contribution in [0.15, 0.2) is 0 Å². The van der Waals surface area contributed by atoms with E-state index in [0.717, 1.165) is 69.6 Å². The number of hydrogen-bond donors (Lipinski definition) is 0. The van der Waals surface area contributed by atoms with E-state index in [1.54, 1.807) is 0 Å². The van der Waals surface area contributed by atoms with E-state index in [9.17, 15) is 14.4 Å². The molecule has 0 rings (SSSR count). The van der Waals surface area contributed by atoms with Crippen LogP contribution < -0.4 is 0 Å². The molecular formula is C56H108O6. The van der Waals surface area contributed by atoms with E-state index in [-0.39, 0.29) is 31.1 Å². The third-order valence-corrected chi connectivity index (χ3v) is 12.7. The van der Waals surface area contributed by atoms with Crippen molar-refractivity contribution in [1.82, 2.24) is 0 Å². The lowest BCUT2D eigenvalue weighted by molar-refractivity contribution is -0.167. The van der Waals surface area contributed by atoms with Crippen molar-refractivity contribution < 1.29 is 28.6 Å². The van der Waals surface area contributed by atoms with Crippen LogP contribution in [0.5, 0.6) is 0 Å². The lowest BCUT2D eigenvalue weighted by atomic mass is 10.0. The van der Waals surface area contributed by atoms with Crippen molar-refractivity contribution in [1.29, 1.82) is 0 Å². The van der Waals surface area contributed by atoms with E-state index >= 15 is 0 Å². The van der Waals surface area contributed by atoms with E-state index in [0.29, 0.717) is 19.3 Å². The Morgan fingerprint density at radius 3 is 0.790 bits per heavy atom. The van der Waals surface area contributed by atoms with Crippen molar-refractivity contribution in [2.24, 2.45) is 11.8 Å². The highest BCUT2D eigenvalue weighted by molar-refractivity contribution is 5.71. The normalized spacial score (nSPS) is 12.0. The minimum Gasteiger partial charge on any atom is -0.462 e. The monoisotopic (exact) mass is 877 g/mol. The maximum absolute atomic E-state index is 12.8. The summed E-state index contributed by atoms with van der Waals surface area (Å²) in [5.74, 6) is 0.839. The average molecular weight is 877 g/mol. The standard InChI is InChI=1S/C56H108O6/c1-6-7-8-9-10-24-31-36-41-46-54(57)60-49-53(50-61-55(58)47-42-37-32-27-23-19-21-26-30-35-40-45-52(4)5)62-56(59)48-43-38-33-28-22-18-16-14-12-11-13-15-17-20-25-29-34-39-44-51(2)3/h51-53H,6-50H2,1-5H3/t53-/m1/s1. The first-order valence-electron chi connectivity index (χ1n) is 27.7. The van der Waals surface area contributed by atoms with E-state index in [1.807, 2.05) is 0 Å². The van der Waals surface area contributed by atoms with Crippen LogP contribution in [0.2, 0.25) is 0 Å². The van der Waals surface area contributed by atoms with Gasteiger partial charge >= 0.3 is 17.9 Å². The number of carbonyl (C=O) groups is 3. The van der Waals surface area contributed by atoms with Gasteiger partial charge in [-0.3, -0.25) is 14.4 Å². The molecule has 0 aromatic carbocycles. The Labute approximate surface area is 387 Å². The molecule has 0 saturated heterocycles. The Hall–Kier alpha value is -1.59.